The van der Waals surface area contributed by atoms with Gasteiger partial charge in [0, 0.05) is 12.0 Å². The van der Waals surface area contributed by atoms with Crippen LogP contribution in [0, 0.1) is 0 Å². The maximum absolute atomic E-state index is 6.25. The third-order valence-corrected chi connectivity index (χ3v) is 3.53. The second-order valence-electron chi connectivity index (χ2n) is 5.50. The van der Waals surface area contributed by atoms with Gasteiger partial charge < -0.3 is 10.3 Å². The molecule has 0 atom stereocenters. The lowest BCUT2D eigenvalue weighted by Gasteiger charge is -2.13. The molecule has 0 bridgehead atoms. The second kappa shape index (κ2) is 5.11. The Bertz CT molecular complexity index is 375. The first-order chi connectivity index (χ1) is 8.15. The van der Waals surface area contributed by atoms with Crippen LogP contribution in [0.1, 0.15) is 76.4 Å². The van der Waals surface area contributed by atoms with Gasteiger partial charge in [0.25, 0.3) is 0 Å². The third-order valence-electron chi connectivity index (χ3n) is 3.53. The fourth-order valence-electron chi connectivity index (χ4n) is 2.41. The first kappa shape index (κ1) is 12.5. The van der Waals surface area contributed by atoms with Crippen LogP contribution in [-0.4, -0.2) is 9.55 Å². The highest BCUT2D eigenvalue weighted by molar-refractivity contribution is 5.40. The van der Waals surface area contributed by atoms with Gasteiger partial charge in [-0.3, -0.25) is 0 Å². The summed E-state index contributed by atoms with van der Waals surface area (Å²) >= 11 is 0. The summed E-state index contributed by atoms with van der Waals surface area (Å²) < 4.78 is 2.25. The monoisotopic (exact) mass is 235 g/mol. The minimum Gasteiger partial charge on any atom is -0.384 e. The van der Waals surface area contributed by atoms with E-state index in [1.165, 1.54) is 37.9 Å². The number of anilines is 1. The number of imidazole rings is 1. The molecule has 1 aromatic heterocycles. The standard InChI is InChI=1S/C14H25N3/c1-4-5-6-7-12-13(15)17(10(2)3)14(16-12)11-8-9-11/h10-11H,4-9,15H2,1-3H3. The van der Waals surface area contributed by atoms with Crippen LogP contribution in [0.2, 0.25) is 0 Å². The molecule has 2 N–H and O–H groups in total. The summed E-state index contributed by atoms with van der Waals surface area (Å²) in [5.74, 6) is 2.83. The van der Waals surface area contributed by atoms with Crippen molar-refractivity contribution < 1.29 is 0 Å². The highest BCUT2D eigenvalue weighted by Gasteiger charge is 2.31. The van der Waals surface area contributed by atoms with Crippen LogP contribution in [0.3, 0.4) is 0 Å². The van der Waals surface area contributed by atoms with Gasteiger partial charge in [0.15, 0.2) is 0 Å². The molecule has 0 spiro atoms. The van der Waals surface area contributed by atoms with Crippen LogP contribution in [0.25, 0.3) is 0 Å². The van der Waals surface area contributed by atoms with E-state index in [1.807, 2.05) is 0 Å². The third kappa shape index (κ3) is 2.64. The van der Waals surface area contributed by atoms with Crippen LogP contribution in [0.5, 0.6) is 0 Å². The molecule has 96 valence electrons. The van der Waals surface area contributed by atoms with Crippen molar-refractivity contribution in [3.63, 3.8) is 0 Å². The first-order valence-corrected chi connectivity index (χ1v) is 7.01. The lowest BCUT2D eigenvalue weighted by Crippen LogP contribution is -2.09. The predicted octanol–water partition coefficient (Wildman–Crippen LogP) is 3.66. The summed E-state index contributed by atoms with van der Waals surface area (Å²) in [6, 6.07) is 0.429. The Labute approximate surface area is 104 Å². The summed E-state index contributed by atoms with van der Waals surface area (Å²) in [6.45, 7) is 6.62. The van der Waals surface area contributed by atoms with E-state index in [-0.39, 0.29) is 0 Å². The lowest BCUT2D eigenvalue weighted by atomic mass is 10.1. The summed E-state index contributed by atoms with van der Waals surface area (Å²) in [4.78, 5) is 4.80. The zero-order valence-corrected chi connectivity index (χ0v) is 11.4. The molecule has 0 unspecified atom stereocenters. The maximum atomic E-state index is 6.25. The van der Waals surface area contributed by atoms with E-state index in [9.17, 15) is 0 Å². The number of aryl methyl sites for hydroxylation is 1. The number of nitrogens with zero attached hydrogens (tertiary/aromatic N) is 2. The highest BCUT2D eigenvalue weighted by atomic mass is 15.2. The first-order valence-electron chi connectivity index (χ1n) is 7.01. The van der Waals surface area contributed by atoms with Crippen LogP contribution < -0.4 is 5.73 Å². The second-order valence-corrected chi connectivity index (χ2v) is 5.50. The van der Waals surface area contributed by atoms with E-state index < -0.39 is 0 Å². The van der Waals surface area contributed by atoms with E-state index in [0.717, 1.165) is 17.9 Å². The molecule has 0 amide bonds. The Morgan fingerprint density at radius 3 is 2.59 bits per heavy atom. The molecule has 1 fully saturated rings. The molecular weight excluding hydrogens is 210 g/mol. The van der Waals surface area contributed by atoms with Crippen LogP contribution in [-0.2, 0) is 6.42 Å². The molecule has 3 nitrogen and oxygen atoms in total. The molecule has 1 aliphatic carbocycles. The van der Waals surface area contributed by atoms with E-state index >= 15 is 0 Å². The summed E-state index contributed by atoms with van der Waals surface area (Å²) in [7, 11) is 0. The minimum absolute atomic E-state index is 0.429. The fourth-order valence-corrected chi connectivity index (χ4v) is 2.41. The SMILES string of the molecule is CCCCCc1nc(C2CC2)n(C(C)C)c1N. The molecule has 0 aliphatic heterocycles. The van der Waals surface area contributed by atoms with Gasteiger partial charge in [0.2, 0.25) is 0 Å². The Hall–Kier alpha value is -0.990. The maximum Gasteiger partial charge on any atom is 0.127 e. The van der Waals surface area contributed by atoms with Crippen LogP contribution in [0.15, 0.2) is 0 Å². The van der Waals surface area contributed by atoms with Gasteiger partial charge in [0.1, 0.15) is 11.6 Å². The van der Waals surface area contributed by atoms with Gasteiger partial charge >= 0.3 is 0 Å². The molecule has 1 aromatic rings. The van der Waals surface area contributed by atoms with Crippen molar-refractivity contribution in [2.75, 3.05) is 5.73 Å². The van der Waals surface area contributed by atoms with Crippen molar-refractivity contribution in [1.82, 2.24) is 9.55 Å². The highest BCUT2D eigenvalue weighted by Crippen LogP contribution is 2.41. The van der Waals surface area contributed by atoms with Crippen molar-refractivity contribution >= 4 is 5.82 Å². The van der Waals surface area contributed by atoms with Crippen LogP contribution >= 0.6 is 0 Å². The number of nitrogen functional groups attached to an aromatic ring is 1. The molecule has 0 aromatic carbocycles. The van der Waals surface area contributed by atoms with E-state index in [2.05, 4.69) is 25.3 Å². The number of hydrogen-bond acceptors (Lipinski definition) is 2. The van der Waals surface area contributed by atoms with Crippen molar-refractivity contribution in [2.45, 2.75) is 71.3 Å². The average Bonchev–Trinajstić information content (AvgIpc) is 3.05. The van der Waals surface area contributed by atoms with Crippen molar-refractivity contribution in [3.8, 4) is 0 Å². The summed E-state index contributed by atoms with van der Waals surface area (Å²) in [5.41, 5.74) is 7.39. The summed E-state index contributed by atoms with van der Waals surface area (Å²) in [6.07, 6.45) is 7.35. The molecule has 0 saturated heterocycles. The molecule has 3 heteroatoms. The molecule has 1 heterocycles. The summed E-state index contributed by atoms with van der Waals surface area (Å²) in [5, 5.41) is 0. The van der Waals surface area contributed by atoms with Gasteiger partial charge in [-0.1, -0.05) is 19.8 Å². The Balaban J connectivity index is 2.18. The van der Waals surface area contributed by atoms with E-state index in [1.54, 1.807) is 0 Å². The predicted molar refractivity (Wildman–Crippen MR) is 72.2 cm³/mol. The van der Waals surface area contributed by atoms with Crippen molar-refractivity contribution in [2.24, 2.45) is 0 Å². The van der Waals surface area contributed by atoms with E-state index in [4.69, 9.17) is 10.7 Å². The van der Waals surface area contributed by atoms with Crippen LogP contribution in [0.4, 0.5) is 5.82 Å². The van der Waals surface area contributed by atoms with Gasteiger partial charge in [0.05, 0.1) is 5.69 Å². The van der Waals surface area contributed by atoms with Gasteiger partial charge in [-0.25, -0.2) is 4.98 Å². The molecular formula is C14H25N3. The van der Waals surface area contributed by atoms with Gasteiger partial charge in [-0.05, 0) is 39.5 Å². The molecule has 0 radical (unpaired) electrons. The van der Waals surface area contributed by atoms with Gasteiger partial charge in [-0.15, -0.1) is 0 Å². The molecule has 17 heavy (non-hydrogen) atoms. The number of aromatic nitrogens is 2. The normalized spacial score (nSPS) is 15.8. The number of unbranched alkanes of at least 4 members (excludes halogenated alkanes) is 2. The molecule has 1 aliphatic rings. The number of rotatable bonds is 6. The smallest absolute Gasteiger partial charge is 0.127 e. The molecule has 1 saturated carbocycles. The van der Waals surface area contributed by atoms with Gasteiger partial charge in [-0.2, -0.15) is 0 Å². The quantitative estimate of drug-likeness (QED) is 0.765. The van der Waals surface area contributed by atoms with Crippen molar-refractivity contribution in [1.29, 1.82) is 0 Å². The van der Waals surface area contributed by atoms with Crippen molar-refractivity contribution in [3.05, 3.63) is 11.5 Å². The zero-order valence-electron chi connectivity index (χ0n) is 11.4. The zero-order chi connectivity index (χ0) is 12.4. The number of nitrogens with two attached hydrogens (primary N) is 1. The largest absolute Gasteiger partial charge is 0.384 e. The lowest BCUT2D eigenvalue weighted by molar-refractivity contribution is 0.576. The average molecular weight is 235 g/mol. The number of hydrogen-bond donors (Lipinski definition) is 1. The Kier molecular flexibility index (Phi) is 3.75. The molecule has 2 rings (SSSR count). The van der Waals surface area contributed by atoms with E-state index in [0.29, 0.717) is 12.0 Å². The fraction of sp³-hybridized carbons (Fsp3) is 0.786. The Morgan fingerprint density at radius 2 is 2.06 bits per heavy atom. The Morgan fingerprint density at radius 1 is 1.35 bits per heavy atom. The minimum atomic E-state index is 0.429. The topological polar surface area (TPSA) is 43.8 Å².